The molecule has 84 valence electrons. The van der Waals surface area contributed by atoms with E-state index in [1.54, 1.807) is 0 Å². The van der Waals surface area contributed by atoms with Crippen molar-refractivity contribution in [3.63, 3.8) is 0 Å². The average molecular weight is 228 g/mol. The van der Waals surface area contributed by atoms with Crippen molar-refractivity contribution < 1.29 is 4.39 Å². The molecule has 0 saturated carbocycles. The minimum absolute atomic E-state index is 0.0454. The fraction of sp³-hybridized carbons (Fsp3) is 0.250. The topological polar surface area (TPSA) is 74.6 Å². The van der Waals surface area contributed by atoms with Crippen LogP contribution in [0, 0.1) is 39.8 Å². The maximum atomic E-state index is 13.4. The van der Waals surface area contributed by atoms with E-state index in [4.69, 9.17) is 15.8 Å². The predicted molar refractivity (Wildman–Crippen MR) is 57.6 cm³/mol. The van der Waals surface area contributed by atoms with Gasteiger partial charge in [-0.2, -0.15) is 15.8 Å². The van der Waals surface area contributed by atoms with E-state index >= 15 is 0 Å². The molecule has 0 radical (unpaired) electrons. The molecule has 1 aromatic rings. The van der Waals surface area contributed by atoms with Crippen LogP contribution in [0.3, 0.4) is 0 Å². The molecule has 0 N–H and O–H groups in total. The third-order valence-corrected chi connectivity index (χ3v) is 2.16. The fourth-order valence-electron chi connectivity index (χ4n) is 1.37. The molecule has 0 fully saturated rings. The van der Waals surface area contributed by atoms with E-state index in [0.29, 0.717) is 11.1 Å². The average Bonchev–Trinajstić information content (AvgIpc) is 2.32. The molecule has 1 aromatic carbocycles. The van der Waals surface area contributed by atoms with Crippen LogP contribution in [0.25, 0.3) is 0 Å². The molecule has 5 heteroatoms. The summed E-state index contributed by atoms with van der Waals surface area (Å²) in [6, 6.07) is 9.76. The van der Waals surface area contributed by atoms with Gasteiger partial charge in [0.15, 0.2) is 0 Å². The molecule has 0 aliphatic rings. The summed E-state index contributed by atoms with van der Waals surface area (Å²) in [5, 5.41) is 25.8. The molecule has 0 unspecified atom stereocenters. The van der Waals surface area contributed by atoms with Gasteiger partial charge < -0.3 is 0 Å². The lowest BCUT2D eigenvalue weighted by atomic mass is 10.1. The van der Waals surface area contributed by atoms with Crippen molar-refractivity contribution in [2.45, 2.75) is 6.54 Å². The summed E-state index contributed by atoms with van der Waals surface area (Å²) < 4.78 is 13.4. The van der Waals surface area contributed by atoms with Crippen molar-refractivity contribution >= 4 is 0 Å². The van der Waals surface area contributed by atoms with Gasteiger partial charge in [-0.25, -0.2) is 4.39 Å². The molecule has 0 spiro atoms. The summed E-state index contributed by atoms with van der Waals surface area (Å²) in [5.41, 5.74) is 0.671. The molecule has 4 nitrogen and oxygen atoms in total. The molecule has 0 amide bonds. The number of nitriles is 3. The SMILES string of the molecule is N#CCN(CC#N)Cc1cc(C#N)ccc1F. The number of halogens is 1. The molecule has 17 heavy (non-hydrogen) atoms. The second-order valence-corrected chi connectivity index (χ2v) is 3.38. The van der Waals surface area contributed by atoms with Crippen LogP contribution >= 0.6 is 0 Å². The Kier molecular flexibility index (Phi) is 4.63. The first-order valence-corrected chi connectivity index (χ1v) is 4.86. The van der Waals surface area contributed by atoms with Crippen LogP contribution in [0.15, 0.2) is 18.2 Å². The fourth-order valence-corrected chi connectivity index (χ4v) is 1.37. The molecule has 0 bridgehead atoms. The molecule has 0 aliphatic heterocycles. The number of rotatable bonds is 4. The Balaban J connectivity index is 2.90. The summed E-state index contributed by atoms with van der Waals surface area (Å²) >= 11 is 0. The predicted octanol–water partition coefficient (Wildman–Crippen LogP) is 1.55. The third-order valence-electron chi connectivity index (χ3n) is 2.16. The Morgan fingerprint density at radius 3 is 2.29 bits per heavy atom. The highest BCUT2D eigenvalue weighted by Crippen LogP contribution is 2.12. The lowest BCUT2D eigenvalue weighted by molar-refractivity contribution is 0.328. The smallest absolute Gasteiger partial charge is 0.127 e. The van der Waals surface area contributed by atoms with Crippen molar-refractivity contribution in [2.24, 2.45) is 0 Å². The summed E-state index contributed by atoms with van der Waals surface area (Å²) in [6.45, 7) is 0.232. The highest BCUT2D eigenvalue weighted by Gasteiger charge is 2.09. The number of benzene rings is 1. The first kappa shape index (κ1) is 12.6. The lowest BCUT2D eigenvalue weighted by Crippen LogP contribution is -2.24. The zero-order chi connectivity index (χ0) is 12.7. The number of hydrogen-bond acceptors (Lipinski definition) is 4. The van der Waals surface area contributed by atoms with Crippen molar-refractivity contribution in [1.29, 1.82) is 15.8 Å². The number of hydrogen-bond donors (Lipinski definition) is 0. The third kappa shape index (κ3) is 3.57. The van der Waals surface area contributed by atoms with Gasteiger partial charge in [-0.3, -0.25) is 4.90 Å². The van der Waals surface area contributed by atoms with Gasteiger partial charge in [0.1, 0.15) is 5.82 Å². The lowest BCUT2D eigenvalue weighted by Gasteiger charge is -2.15. The standard InChI is InChI=1S/C12H9FN4/c13-12-2-1-10(8-16)7-11(12)9-17(5-3-14)6-4-15/h1-2,7H,5-6,9H2. The van der Waals surface area contributed by atoms with Gasteiger partial charge >= 0.3 is 0 Å². The summed E-state index contributed by atoms with van der Waals surface area (Å²) in [6.07, 6.45) is 0. The van der Waals surface area contributed by atoms with Crippen molar-refractivity contribution in [2.75, 3.05) is 13.1 Å². The van der Waals surface area contributed by atoms with Gasteiger partial charge in [0.05, 0.1) is 36.9 Å². The van der Waals surface area contributed by atoms with E-state index in [1.165, 1.54) is 23.1 Å². The van der Waals surface area contributed by atoms with Gasteiger partial charge in [0.25, 0.3) is 0 Å². The Bertz CT molecular complexity index is 503. The molecule has 0 saturated heterocycles. The highest BCUT2D eigenvalue weighted by atomic mass is 19.1. The molecule has 1 rings (SSSR count). The summed E-state index contributed by atoms with van der Waals surface area (Å²) in [4.78, 5) is 1.50. The molecule has 0 atom stereocenters. The Hall–Kier alpha value is -2.42. The van der Waals surface area contributed by atoms with E-state index in [1.807, 2.05) is 18.2 Å². The minimum atomic E-state index is -0.440. The Labute approximate surface area is 98.7 Å². The van der Waals surface area contributed by atoms with E-state index in [9.17, 15) is 4.39 Å². The van der Waals surface area contributed by atoms with Crippen molar-refractivity contribution in [3.8, 4) is 18.2 Å². The second-order valence-electron chi connectivity index (χ2n) is 3.38. The van der Waals surface area contributed by atoms with Crippen LogP contribution in [0.1, 0.15) is 11.1 Å². The Morgan fingerprint density at radius 2 is 1.76 bits per heavy atom. The zero-order valence-corrected chi connectivity index (χ0v) is 9.02. The van der Waals surface area contributed by atoms with E-state index < -0.39 is 5.82 Å². The number of nitrogens with zero attached hydrogens (tertiary/aromatic N) is 4. The molecular weight excluding hydrogens is 219 g/mol. The van der Waals surface area contributed by atoms with Crippen molar-refractivity contribution in [1.82, 2.24) is 4.90 Å². The van der Waals surface area contributed by atoms with Crippen molar-refractivity contribution in [3.05, 3.63) is 35.1 Å². The van der Waals surface area contributed by atoms with E-state index in [0.717, 1.165) is 0 Å². The van der Waals surface area contributed by atoms with Crippen LogP contribution in [-0.4, -0.2) is 18.0 Å². The normalized spacial score (nSPS) is 9.35. The molecule has 0 aromatic heterocycles. The molecular formula is C12H9FN4. The first-order chi connectivity index (χ1) is 8.21. The molecule has 0 heterocycles. The van der Waals surface area contributed by atoms with Crippen LogP contribution < -0.4 is 0 Å². The van der Waals surface area contributed by atoms with Gasteiger partial charge in [-0.1, -0.05) is 0 Å². The largest absolute Gasteiger partial charge is 0.273 e. The van der Waals surface area contributed by atoms with E-state index in [2.05, 4.69) is 0 Å². The van der Waals surface area contributed by atoms with Crippen LogP contribution in [-0.2, 0) is 6.54 Å². The Morgan fingerprint density at radius 1 is 1.12 bits per heavy atom. The van der Waals surface area contributed by atoms with Crippen LogP contribution in [0.5, 0.6) is 0 Å². The van der Waals surface area contributed by atoms with Gasteiger partial charge in [0, 0.05) is 12.1 Å². The van der Waals surface area contributed by atoms with Gasteiger partial charge in [-0.05, 0) is 18.2 Å². The summed E-state index contributed by atoms with van der Waals surface area (Å²) in [7, 11) is 0. The quantitative estimate of drug-likeness (QED) is 0.732. The van der Waals surface area contributed by atoms with Crippen LogP contribution in [0.4, 0.5) is 4.39 Å². The maximum Gasteiger partial charge on any atom is 0.127 e. The van der Waals surface area contributed by atoms with Crippen LogP contribution in [0.2, 0.25) is 0 Å². The first-order valence-electron chi connectivity index (χ1n) is 4.86. The van der Waals surface area contributed by atoms with E-state index in [-0.39, 0.29) is 19.6 Å². The zero-order valence-electron chi connectivity index (χ0n) is 9.02. The monoisotopic (exact) mass is 228 g/mol. The maximum absolute atomic E-state index is 13.4. The molecule has 0 aliphatic carbocycles. The van der Waals surface area contributed by atoms with Gasteiger partial charge in [-0.15, -0.1) is 0 Å². The van der Waals surface area contributed by atoms with Gasteiger partial charge in [0.2, 0.25) is 0 Å². The minimum Gasteiger partial charge on any atom is -0.273 e. The highest BCUT2D eigenvalue weighted by molar-refractivity contribution is 5.33. The summed E-state index contributed by atoms with van der Waals surface area (Å²) in [5.74, 6) is -0.440. The second kappa shape index (κ2) is 6.23.